The summed E-state index contributed by atoms with van der Waals surface area (Å²) in [4.78, 5) is 17.9. The number of carbonyl (C=O) groups excluding carboxylic acids is 1. The van der Waals surface area contributed by atoms with Gasteiger partial charge < -0.3 is 33.3 Å². The molecule has 33 heavy (non-hydrogen) atoms. The second kappa shape index (κ2) is 14.3. The molecule has 0 saturated heterocycles. The number of methoxy groups -OCH3 is 4. The Labute approximate surface area is 195 Å². The van der Waals surface area contributed by atoms with Crippen LogP contribution in [-0.4, -0.2) is 76.7 Å². The third kappa shape index (κ3) is 8.53. The van der Waals surface area contributed by atoms with Crippen LogP contribution in [0, 0.1) is 0 Å². The van der Waals surface area contributed by atoms with Crippen LogP contribution in [0.25, 0.3) is 0 Å². The van der Waals surface area contributed by atoms with Gasteiger partial charge in [0.2, 0.25) is 11.7 Å². The summed E-state index contributed by atoms with van der Waals surface area (Å²) >= 11 is 0. The van der Waals surface area contributed by atoms with Crippen LogP contribution in [-0.2, 0) is 32.2 Å². The van der Waals surface area contributed by atoms with E-state index in [1.165, 1.54) is 6.92 Å². The van der Waals surface area contributed by atoms with E-state index in [1.807, 2.05) is 30.3 Å². The number of rotatable bonds is 15. The first-order valence-electron chi connectivity index (χ1n) is 10.6. The highest BCUT2D eigenvalue weighted by Crippen LogP contribution is 2.38. The van der Waals surface area contributed by atoms with Crippen molar-refractivity contribution < 1.29 is 33.2 Å². The van der Waals surface area contributed by atoms with Crippen molar-refractivity contribution in [2.75, 3.05) is 54.8 Å². The summed E-state index contributed by atoms with van der Waals surface area (Å²) < 4.78 is 33.1. The van der Waals surface area contributed by atoms with Gasteiger partial charge in [0.1, 0.15) is 6.10 Å². The smallest absolute Gasteiger partial charge is 0.219 e. The molecular weight excluding hydrogens is 428 g/mol. The van der Waals surface area contributed by atoms with Gasteiger partial charge in [0.25, 0.3) is 0 Å². The third-order valence-electron chi connectivity index (χ3n) is 4.96. The lowest BCUT2D eigenvalue weighted by Gasteiger charge is -2.22. The van der Waals surface area contributed by atoms with Crippen LogP contribution >= 0.6 is 0 Å². The Hall–Kier alpha value is -2.88. The Morgan fingerprint density at radius 1 is 1.00 bits per heavy atom. The average molecular weight is 463 g/mol. The molecule has 0 aliphatic heterocycles. The predicted molar refractivity (Wildman–Crippen MR) is 123 cm³/mol. The maximum Gasteiger partial charge on any atom is 0.219 e. The molecule has 182 valence electrons. The summed E-state index contributed by atoms with van der Waals surface area (Å²) in [5, 5.41) is 0. The lowest BCUT2D eigenvalue weighted by molar-refractivity contribution is -0.130. The standard InChI is InChI=1S/C24H34N2O7/c1-18(27)26(14-20-8-6-7-9-25-20)10-11-32-16-21(28-2)17-33-15-19-12-22(29-3)24(31-5)23(13-19)30-4/h6-9,12-13,21H,10-11,14-17H2,1-5H3. The van der Waals surface area contributed by atoms with Gasteiger partial charge in [-0.1, -0.05) is 6.07 Å². The van der Waals surface area contributed by atoms with Gasteiger partial charge in [0.05, 0.1) is 60.0 Å². The monoisotopic (exact) mass is 462 g/mol. The van der Waals surface area contributed by atoms with E-state index >= 15 is 0 Å². The Kier molecular flexibility index (Phi) is 11.4. The fraction of sp³-hybridized carbons (Fsp3) is 0.500. The molecule has 0 fully saturated rings. The normalized spacial score (nSPS) is 11.7. The number of nitrogens with zero attached hydrogens (tertiary/aromatic N) is 2. The Balaban J connectivity index is 1.77. The van der Waals surface area contributed by atoms with E-state index in [4.69, 9.17) is 28.4 Å². The first-order chi connectivity index (χ1) is 16.0. The fourth-order valence-corrected chi connectivity index (χ4v) is 3.14. The van der Waals surface area contributed by atoms with Gasteiger partial charge in [-0.25, -0.2) is 0 Å². The molecule has 2 rings (SSSR count). The van der Waals surface area contributed by atoms with Gasteiger partial charge in [-0.2, -0.15) is 0 Å². The quantitative estimate of drug-likeness (QED) is 0.373. The van der Waals surface area contributed by atoms with Crippen molar-refractivity contribution in [1.29, 1.82) is 0 Å². The zero-order valence-electron chi connectivity index (χ0n) is 20.0. The van der Waals surface area contributed by atoms with Crippen LogP contribution in [0.2, 0.25) is 0 Å². The van der Waals surface area contributed by atoms with E-state index in [1.54, 1.807) is 39.5 Å². The third-order valence-corrected chi connectivity index (χ3v) is 4.96. The minimum atomic E-state index is -0.242. The Morgan fingerprint density at radius 3 is 2.24 bits per heavy atom. The van der Waals surface area contributed by atoms with Gasteiger partial charge in [0.15, 0.2) is 11.5 Å². The van der Waals surface area contributed by atoms with Crippen molar-refractivity contribution in [3.63, 3.8) is 0 Å². The zero-order valence-corrected chi connectivity index (χ0v) is 20.0. The van der Waals surface area contributed by atoms with Crippen molar-refractivity contribution in [2.24, 2.45) is 0 Å². The average Bonchev–Trinajstić information content (AvgIpc) is 2.84. The topological polar surface area (TPSA) is 88.6 Å². The number of ether oxygens (including phenoxy) is 6. The summed E-state index contributed by atoms with van der Waals surface area (Å²) in [5.41, 5.74) is 1.72. The lowest BCUT2D eigenvalue weighted by atomic mass is 10.2. The fourth-order valence-electron chi connectivity index (χ4n) is 3.14. The molecule has 0 N–H and O–H groups in total. The van der Waals surface area contributed by atoms with Crippen LogP contribution in [0.1, 0.15) is 18.2 Å². The molecule has 0 bridgehead atoms. The van der Waals surface area contributed by atoms with E-state index in [0.717, 1.165) is 11.3 Å². The van der Waals surface area contributed by atoms with E-state index < -0.39 is 0 Å². The molecule has 1 heterocycles. The van der Waals surface area contributed by atoms with Crippen molar-refractivity contribution in [3.05, 3.63) is 47.8 Å². The molecule has 1 amide bonds. The summed E-state index contributed by atoms with van der Waals surface area (Å²) in [7, 11) is 6.32. The van der Waals surface area contributed by atoms with E-state index in [2.05, 4.69) is 4.98 Å². The molecule has 0 aliphatic carbocycles. The number of pyridine rings is 1. The minimum absolute atomic E-state index is 0.0266. The molecular formula is C24H34N2O7. The van der Waals surface area contributed by atoms with E-state index in [-0.39, 0.29) is 12.0 Å². The Bertz CT molecular complexity index is 823. The predicted octanol–water partition coefficient (Wildman–Crippen LogP) is 2.70. The highest BCUT2D eigenvalue weighted by molar-refractivity contribution is 5.73. The van der Waals surface area contributed by atoms with Gasteiger partial charge in [-0.3, -0.25) is 9.78 Å². The largest absolute Gasteiger partial charge is 0.493 e. The summed E-state index contributed by atoms with van der Waals surface area (Å²) in [6.45, 7) is 3.88. The van der Waals surface area contributed by atoms with Crippen molar-refractivity contribution in [3.8, 4) is 17.2 Å². The minimum Gasteiger partial charge on any atom is -0.493 e. The number of hydrogen-bond donors (Lipinski definition) is 0. The number of carbonyl (C=O) groups is 1. The molecule has 9 nitrogen and oxygen atoms in total. The van der Waals surface area contributed by atoms with Crippen LogP contribution in [0.15, 0.2) is 36.5 Å². The van der Waals surface area contributed by atoms with Gasteiger partial charge in [0, 0.05) is 26.8 Å². The van der Waals surface area contributed by atoms with Gasteiger partial charge in [-0.05, 0) is 29.8 Å². The Morgan fingerprint density at radius 2 is 1.70 bits per heavy atom. The van der Waals surface area contributed by atoms with Crippen molar-refractivity contribution >= 4 is 5.91 Å². The SMILES string of the molecule is COc1cc(COCC(COCCN(Cc2ccccn2)C(C)=O)OC)cc(OC)c1OC. The molecule has 1 unspecified atom stereocenters. The first-order valence-corrected chi connectivity index (χ1v) is 10.6. The first kappa shape index (κ1) is 26.4. The van der Waals surface area contributed by atoms with Crippen LogP contribution in [0.5, 0.6) is 17.2 Å². The van der Waals surface area contributed by atoms with E-state index in [9.17, 15) is 4.79 Å². The summed E-state index contributed by atoms with van der Waals surface area (Å²) in [5.74, 6) is 1.65. The van der Waals surface area contributed by atoms with Gasteiger partial charge in [-0.15, -0.1) is 0 Å². The maximum atomic E-state index is 11.9. The van der Waals surface area contributed by atoms with Crippen molar-refractivity contribution in [2.45, 2.75) is 26.2 Å². The lowest BCUT2D eigenvalue weighted by Crippen LogP contribution is -2.33. The number of benzene rings is 1. The molecule has 0 aliphatic rings. The molecule has 2 aromatic rings. The molecule has 1 aromatic carbocycles. The van der Waals surface area contributed by atoms with Gasteiger partial charge >= 0.3 is 0 Å². The highest BCUT2D eigenvalue weighted by atomic mass is 16.6. The summed E-state index contributed by atoms with van der Waals surface area (Å²) in [6, 6.07) is 9.33. The summed E-state index contributed by atoms with van der Waals surface area (Å²) in [6.07, 6.45) is 1.47. The maximum absolute atomic E-state index is 11.9. The van der Waals surface area contributed by atoms with Crippen LogP contribution < -0.4 is 14.2 Å². The molecule has 0 radical (unpaired) electrons. The second-order valence-electron chi connectivity index (χ2n) is 7.24. The highest BCUT2D eigenvalue weighted by Gasteiger charge is 2.15. The number of hydrogen-bond acceptors (Lipinski definition) is 8. The van der Waals surface area contributed by atoms with Crippen molar-refractivity contribution in [1.82, 2.24) is 9.88 Å². The second-order valence-corrected chi connectivity index (χ2v) is 7.24. The molecule has 9 heteroatoms. The zero-order chi connectivity index (χ0) is 24.1. The van der Waals surface area contributed by atoms with Crippen LogP contribution in [0.3, 0.4) is 0 Å². The molecule has 0 spiro atoms. The number of amides is 1. The molecule has 1 aromatic heterocycles. The van der Waals surface area contributed by atoms with Crippen LogP contribution in [0.4, 0.5) is 0 Å². The van der Waals surface area contributed by atoms with E-state index in [0.29, 0.717) is 56.8 Å². The molecule has 0 saturated carbocycles. The number of aromatic nitrogens is 1. The molecule has 1 atom stereocenters.